The van der Waals surface area contributed by atoms with Gasteiger partial charge in [0.2, 0.25) is 35.2 Å². The molecule has 4 unspecified atom stereocenters. The number of ether oxygens (including phenoxy) is 1. The molecule has 2 saturated heterocycles. The lowest BCUT2D eigenvalue weighted by molar-refractivity contribution is -0.145. The predicted octanol–water partition coefficient (Wildman–Crippen LogP) is 3.13. The fourth-order valence-electron chi connectivity index (χ4n) is 10.9. The fraction of sp³-hybridized carbons (Fsp3) is 0.816. The summed E-state index contributed by atoms with van der Waals surface area (Å²) in [6.45, 7) is 25.6. The number of hydrogen-bond donors (Lipinski definition) is 6. The molecule has 9 N–H and O–H groups in total. The Balaban J connectivity index is 0.000000298. The Morgan fingerprint density at radius 1 is 0.603 bits per heavy atom. The summed E-state index contributed by atoms with van der Waals surface area (Å²) in [7, 11) is 0. The van der Waals surface area contributed by atoms with Crippen LogP contribution in [0.15, 0.2) is 0 Å². The average Bonchev–Trinajstić information content (AvgIpc) is 3.62. The Morgan fingerprint density at radius 3 is 1.26 bits per heavy atom. The molecule has 19 heteroatoms. The van der Waals surface area contributed by atoms with Crippen LogP contribution in [0.25, 0.3) is 0 Å². The smallest absolute Gasteiger partial charge is 0.408 e. The number of primary amides is 2. The number of halogens is 1. The molecule has 6 fully saturated rings. The molecule has 0 bridgehead atoms. The normalized spacial score (nSPS) is 27.3. The van der Waals surface area contributed by atoms with E-state index >= 15 is 0 Å². The van der Waals surface area contributed by atoms with Crippen molar-refractivity contribution in [3.63, 3.8) is 0 Å². The van der Waals surface area contributed by atoms with Crippen molar-refractivity contribution >= 4 is 65.5 Å². The standard InChI is InChI=1S/C27H44N4O6.C22H36N4O4.ClH/c1-25(2,3)20(30-24(36)37-26(4,5)6)23(35)31-13-15-17(27(15,7)8)18(31)22(34)29-16(19(32)21(28)33)12-14-10-9-11-14;1-21(2,3)17(23)20(30)26-10-12-14(22(12,4)5)15(26)19(29)25-13(16(27)18(24)28)9-11-7-6-8-11;/h14-18,20H,9-13H2,1-8H3,(H2,28,33)(H,29,34)(H,30,36);11-15,17H,6-10,23H2,1-5H3,(H2,24,28)(H,25,29);1H/t15?,16?,17-,18-,20+;12?,13?,14-,15-,17+;/m00./s1. The minimum absolute atomic E-state index is 0. The number of nitrogens with two attached hydrogens (primary N) is 3. The monoisotopic (exact) mass is 977 g/mol. The first-order chi connectivity index (χ1) is 30.6. The van der Waals surface area contributed by atoms with E-state index in [1.807, 2.05) is 41.5 Å². The summed E-state index contributed by atoms with van der Waals surface area (Å²) in [4.78, 5) is 118. The summed E-state index contributed by atoms with van der Waals surface area (Å²) < 4.78 is 5.39. The minimum atomic E-state index is -1.08. The lowest BCUT2D eigenvalue weighted by Gasteiger charge is -2.38. The van der Waals surface area contributed by atoms with Crippen LogP contribution in [0.2, 0.25) is 0 Å². The number of likely N-dealkylation sites (tertiary alicyclic amines) is 2. The van der Waals surface area contributed by atoms with E-state index in [-0.39, 0.29) is 70.5 Å². The first kappa shape index (κ1) is 56.3. The molecular weight excluding hydrogens is 896 g/mol. The number of carbonyl (C=O) groups excluding carboxylic acids is 9. The Bertz CT molecular complexity index is 2000. The first-order valence-electron chi connectivity index (χ1n) is 24.2. The number of ketones is 2. The van der Waals surface area contributed by atoms with Gasteiger partial charge in [0, 0.05) is 13.1 Å². The van der Waals surface area contributed by atoms with Crippen LogP contribution in [0.3, 0.4) is 0 Å². The van der Waals surface area contributed by atoms with Gasteiger partial charge in [-0.15, -0.1) is 12.4 Å². The molecule has 10 atom stereocenters. The van der Waals surface area contributed by atoms with E-state index in [0.717, 1.165) is 38.5 Å². The van der Waals surface area contributed by atoms with Crippen LogP contribution in [0, 0.1) is 57.2 Å². The van der Waals surface area contributed by atoms with Crippen molar-refractivity contribution in [1.82, 2.24) is 25.8 Å². The lowest BCUT2D eigenvalue weighted by Crippen LogP contribution is -2.61. The van der Waals surface area contributed by atoms with Crippen molar-refractivity contribution in [3.8, 4) is 0 Å². The SMILES string of the molecule is CC(C)(C)OC(=O)N[C@H](C(=O)N1CC2[C@@H]([C@H]1C(=O)NC(CC1CCC1)C(=O)C(N)=O)C2(C)C)C(C)(C)C.CC(C)(C)[C@H](N)C(=O)N1CC2[C@@H]([C@H]1C(=O)NC(CC1CCC1)C(=O)C(N)=O)C2(C)C.Cl. The van der Waals surface area contributed by atoms with Crippen LogP contribution in [-0.2, 0) is 43.1 Å². The second kappa shape index (κ2) is 20.2. The highest BCUT2D eigenvalue weighted by atomic mass is 35.5. The van der Waals surface area contributed by atoms with E-state index in [1.165, 1.54) is 4.90 Å². The Labute approximate surface area is 408 Å². The largest absolute Gasteiger partial charge is 0.444 e. The Kier molecular flexibility index (Phi) is 16.7. The highest BCUT2D eigenvalue weighted by Gasteiger charge is 2.71. The molecule has 4 aliphatic carbocycles. The van der Waals surface area contributed by atoms with E-state index in [9.17, 15) is 43.2 Å². The second-order valence-electron chi connectivity index (χ2n) is 24.7. The molecule has 0 aromatic rings. The van der Waals surface area contributed by atoms with Crippen molar-refractivity contribution < 1.29 is 47.9 Å². The van der Waals surface area contributed by atoms with E-state index < -0.39 is 88.1 Å². The molecule has 0 aromatic carbocycles. The van der Waals surface area contributed by atoms with E-state index in [0.29, 0.717) is 31.8 Å². The zero-order valence-electron chi connectivity index (χ0n) is 42.6. The summed E-state index contributed by atoms with van der Waals surface area (Å²) in [5.41, 5.74) is 14.7. The van der Waals surface area contributed by atoms with Crippen molar-refractivity contribution in [1.29, 1.82) is 0 Å². The second-order valence-corrected chi connectivity index (χ2v) is 24.7. The van der Waals surface area contributed by atoms with Gasteiger partial charge in [-0.1, -0.05) is 108 Å². The molecule has 0 spiro atoms. The molecule has 7 amide bonds. The summed E-state index contributed by atoms with van der Waals surface area (Å²) in [5.74, 6) is -4.37. The van der Waals surface area contributed by atoms with Gasteiger partial charge in [-0.25, -0.2) is 4.79 Å². The summed E-state index contributed by atoms with van der Waals surface area (Å²) in [5, 5.41) is 8.26. The third-order valence-electron chi connectivity index (χ3n) is 15.8. The number of carbonyl (C=O) groups is 9. The van der Waals surface area contributed by atoms with Crippen LogP contribution in [0.5, 0.6) is 0 Å². The van der Waals surface area contributed by atoms with Gasteiger partial charge in [-0.2, -0.15) is 0 Å². The number of alkyl carbamates (subject to hydrolysis) is 1. The number of rotatable bonds is 15. The quantitative estimate of drug-likeness (QED) is 0.130. The number of fused-ring (bicyclic) bond motifs is 2. The van der Waals surface area contributed by atoms with Crippen molar-refractivity contribution in [2.75, 3.05) is 13.1 Å². The van der Waals surface area contributed by atoms with Crippen LogP contribution in [0.4, 0.5) is 4.79 Å². The van der Waals surface area contributed by atoms with Crippen molar-refractivity contribution in [2.45, 2.75) is 183 Å². The number of nitrogens with zero attached hydrogens (tertiary/aromatic N) is 2. The fourth-order valence-corrected chi connectivity index (χ4v) is 10.9. The summed E-state index contributed by atoms with van der Waals surface area (Å²) in [6.07, 6.45) is 6.03. The molecule has 6 aliphatic rings. The molecule has 4 saturated carbocycles. The van der Waals surface area contributed by atoms with Crippen LogP contribution in [-0.4, -0.2) is 118 Å². The maximum Gasteiger partial charge on any atom is 0.408 e. The number of nitrogens with one attached hydrogen (secondary N) is 3. The highest BCUT2D eigenvalue weighted by molar-refractivity contribution is 6.38. The molecular formula is C49H81ClN8O10. The zero-order valence-corrected chi connectivity index (χ0v) is 43.4. The van der Waals surface area contributed by atoms with Gasteiger partial charge in [0.15, 0.2) is 0 Å². The number of hydrogen-bond acceptors (Lipinski definition) is 11. The number of amides is 7. The predicted molar refractivity (Wildman–Crippen MR) is 256 cm³/mol. The molecule has 0 aromatic heterocycles. The van der Waals surface area contributed by atoms with Crippen LogP contribution >= 0.6 is 12.4 Å². The third-order valence-corrected chi connectivity index (χ3v) is 15.8. The zero-order chi connectivity index (χ0) is 50.7. The Hall–Kier alpha value is -4.32. The van der Waals surface area contributed by atoms with E-state index in [2.05, 4.69) is 43.6 Å². The van der Waals surface area contributed by atoms with Gasteiger partial charge >= 0.3 is 6.09 Å². The number of piperidine rings is 2. The van der Waals surface area contributed by atoms with Gasteiger partial charge in [0.05, 0.1) is 18.1 Å². The minimum Gasteiger partial charge on any atom is -0.444 e. The average molecular weight is 978 g/mol. The topological polar surface area (TPSA) is 283 Å². The van der Waals surface area contributed by atoms with Crippen LogP contribution < -0.4 is 33.2 Å². The molecule has 2 heterocycles. The molecule has 0 radical (unpaired) electrons. The van der Waals surface area contributed by atoms with Gasteiger partial charge in [-0.05, 0) is 90.8 Å². The van der Waals surface area contributed by atoms with Gasteiger partial charge in [-0.3, -0.25) is 38.4 Å². The molecule has 6 rings (SSSR count). The molecule has 2 aliphatic heterocycles. The third kappa shape index (κ3) is 12.2. The highest BCUT2D eigenvalue weighted by Crippen LogP contribution is 2.66. The molecule has 18 nitrogen and oxygen atoms in total. The lowest BCUT2D eigenvalue weighted by atomic mass is 9.80. The molecule has 68 heavy (non-hydrogen) atoms. The Morgan fingerprint density at radius 2 is 0.971 bits per heavy atom. The van der Waals surface area contributed by atoms with Crippen LogP contribution in [0.1, 0.15) is 141 Å². The first-order valence-corrected chi connectivity index (χ1v) is 24.2. The summed E-state index contributed by atoms with van der Waals surface area (Å²) >= 11 is 0. The summed E-state index contributed by atoms with van der Waals surface area (Å²) in [6, 6.07) is -5.11. The van der Waals surface area contributed by atoms with Gasteiger partial charge in [0.1, 0.15) is 23.7 Å². The van der Waals surface area contributed by atoms with Crippen molar-refractivity contribution in [2.24, 2.45) is 74.4 Å². The van der Waals surface area contributed by atoms with E-state index in [4.69, 9.17) is 21.9 Å². The van der Waals surface area contributed by atoms with E-state index in [1.54, 1.807) is 25.7 Å². The van der Waals surface area contributed by atoms with Gasteiger partial charge < -0.3 is 47.7 Å². The molecule has 384 valence electrons. The maximum atomic E-state index is 13.9. The van der Waals surface area contributed by atoms with Gasteiger partial charge in [0.25, 0.3) is 11.8 Å². The van der Waals surface area contributed by atoms with Crippen molar-refractivity contribution in [3.05, 3.63) is 0 Å². The maximum absolute atomic E-state index is 13.9. The number of Topliss-reactive ketones (excluding diaryl/α,β-unsaturated/α-hetero) is 2.